The molecule has 0 unspecified atom stereocenters. The maximum absolute atomic E-state index is 12.9. The number of carbonyl (C=O) groups excluding carboxylic acids is 2. The monoisotopic (exact) mass is 469 g/mol. The van der Waals surface area contributed by atoms with Gasteiger partial charge in [-0.2, -0.15) is 0 Å². The molecule has 0 saturated carbocycles. The van der Waals surface area contributed by atoms with Gasteiger partial charge in [0.1, 0.15) is 5.82 Å². The fraction of sp³-hybridized carbons (Fsp3) is 0.333. The second kappa shape index (κ2) is 10.6. The molecular weight excluding hydrogens is 441 g/mol. The zero-order valence-electron chi connectivity index (χ0n) is 19.2. The van der Waals surface area contributed by atoms with Gasteiger partial charge < -0.3 is 15.2 Å². The van der Waals surface area contributed by atoms with E-state index in [1.807, 2.05) is 23.6 Å². The van der Waals surface area contributed by atoms with Crippen LogP contribution in [0.3, 0.4) is 0 Å². The molecule has 0 saturated heterocycles. The smallest absolute Gasteiger partial charge is 0.243 e. The van der Waals surface area contributed by atoms with Gasteiger partial charge in [-0.3, -0.25) is 9.59 Å². The Hall–Kier alpha value is -3.20. The molecule has 0 radical (unpaired) electrons. The number of hydrogen-bond acceptors (Lipinski definition) is 5. The lowest BCUT2D eigenvalue weighted by Gasteiger charge is -2.19. The summed E-state index contributed by atoms with van der Waals surface area (Å²) in [6.45, 7) is 8.99. The van der Waals surface area contributed by atoms with Crippen molar-refractivity contribution in [2.75, 3.05) is 17.6 Å². The van der Waals surface area contributed by atoms with Gasteiger partial charge in [0.25, 0.3) is 0 Å². The van der Waals surface area contributed by atoms with Gasteiger partial charge in [-0.25, -0.2) is 4.39 Å². The standard InChI is InChI=1S/C24H28FN5O2S/c1-5-30-22(16-6-8-17(9-7-16)24(2,3)4)28-29-23(30)33-15-21(32)26-14-20(31)27-19-12-10-18(25)11-13-19/h6-13H,5,14-15H2,1-4H3,(H,26,32)(H,27,31). The number of hydrogen-bond donors (Lipinski definition) is 2. The van der Waals surface area contributed by atoms with E-state index in [9.17, 15) is 14.0 Å². The Kier molecular flexibility index (Phi) is 7.86. The molecule has 2 aromatic carbocycles. The van der Waals surface area contributed by atoms with Crippen molar-refractivity contribution in [3.05, 3.63) is 59.9 Å². The van der Waals surface area contributed by atoms with Gasteiger partial charge in [-0.05, 0) is 42.2 Å². The van der Waals surface area contributed by atoms with Crippen LogP contribution in [0.5, 0.6) is 0 Å². The highest BCUT2D eigenvalue weighted by atomic mass is 32.2. The molecule has 0 spiro atoms. The molecule has 1 heterocycles. The fourth-order valence-electron chi connectivity index (χ4n) is 3.11. The number of thioether (sulfide) groups is 1. The molecule has 2 amide bonds. The van der Waals surface area contributed by atoms with Crippen molar-refractivity contribution in [1.29, 1.82) is 0 Å². The first-order valence-corrected chi connectivity index (χ1v) is 11.6. The van der Waals surface area contributed by atoms with Crippen molar-refractivity contribution in [2.24, 2.45) is 0 Å². The number of nitrogens with one attached hydrogen (secondary N) is 2. The van der Waals surface area contributed by atoms with Crippen molar-refractivity contribution < 1.29 is 14.0 Å². The molecule has 0 aliphatic rings. The summed E-state index contributed by atoms with van der Waals surface area (Å²) in [4.78, 5) is 24.2. The molecule has 9 heteroatoms. The first-order chi connectivity index (χ1) is 15.7. The molecule has 7 nitrogen and oxygen atoms in total. The Morgan fingerprint density at radius 3 is 2.27 bits per heavy atom. The number of carbonyl (C=O) groups is 2. The van der Waals surface area contributed by atoms with Crippen LogP contribution in [0, 0.1) is 5.82 Å². The maximum Gasteiger partial charge on any atom is 0.243 e. The summed E-state index contributed by atoms with van der Waals surface area (Å²) in [6, 6.07) is 13.7. The van der Waals surface area contributed by atoms with E-state index in [1.165, 1.54) is 41.6 Å². The Morgan fingerprint density at radius 2 is 1.67 bits per heavy atom. The lowest BCUT2D eigenvalue weighted by Crippen LogP contribution is -2.33. The van der Waals surface area contributed by atoms with Crippen molar-refractivity contribution in [2.45, 2.75) is 44.8 Å². The molecule has 0 aliphatic heterocycles. The predicted molar refractivity (Wildman–Crippen MR) is 129 cm³/mol. The molecule has 174 valence electrons. The quantitative estimate of drug-likeness (QED) is 0.482. The zero-order valence-corrected chi connectivity index (χ0v) is 20.0. The number of rotatable bonds is 8. The molecule has 0 bridgehead atoms. The number of anilines is 1. The predicted octanol–water partition coefficient (Wildman–Crippen LogP) is 4.25. The summed E-state index contributed by atoms with van der Waals surface area (Å²) >= 11 is 1.26. The van der Waals surface area contributed by atoms with E-state index in [2.05, 4.69) is 53.7 Å². The van der Waals surface area contributed by atoms with Crippen LogP contribution in [0.25, 0.3) is 11.4 Å². The number of aromatic nitrogens is 3. The Bertz CT molecular complexity index is 1110. The van der Waals surface area contributed by atoms with E-state index in [4.69, 9.17) is 0 Å². The van der Waals surface area contributed by atoms with Gasteiger partial charge in [0.05, 0.1) is 12.3 Å². The maximum atomic E-state index is 12.9. The van der Waals surface area contributed by atoms with Crippen molar-refractivity contribution >= 4 is 29.3 Å². The summed E-state index contributed by atoms with van der Waals surface area (Å²) in [5.74, 6) is -0.221. The minimum absolute atomic E-state index is 0.0707. The summed E-state index contributed by atoms with van der Waals surface area (Å²) in [5, 5.41) is 14.4. The number of amides is 2. The Morgan fingerprint density at radius 1 is 1.00 bits per heavy atom. The molecule has 0 aliphatic carbocycles. The van der Waals surface area contributed by atoms with Crippen molar-refractivity contribution in [3.8, 4) is 11.4 Å². The highest BCUT2D eigenvalue weighted by Gasteiger charge is 2.17. The van der Waals surface area contributed by atoms with E-state index in [0.29, 0.717) is 17.4 Å². The molecular formula is C24H28FN5O2S. The first-order valence-electron chi connectivity index (χ1n) is 10.7. The molecule has 3 aromatic rings. The number of benzene rings is 2. The molecule has 33 heavy (non-hydrogen) atoms. The minimum atomic E-state index is -0.391. The van der Waals surface area contributed by atoms with Crippen LogP contribution < -0.4 is 10.6 Å². The van der Waals surface area contributed by atoms with Crippen LogP contribution in [0.15, 0.2) is 53.7 Å². The third-order valence-corrected chi connectivity index (χ3v) is 5.92. The third-order valence-electron chi connectivity index (χ3n) is 4.95. The van der Waals surface area contributed by atoms with E-state index < -0.39 is 5.91 Å². The second-order valence-electron chi connectivity index (χ2n) is 8.50. The van der Waals surface area contributed by atoms with E-state index in [1.54, 1.807) is 0 Å². The average Bonchev–Trinajstić information content (AvgIpc) is 3.20. The van der Waals surface area contributed by atoms with Gasteiger partial charge in [0, 0.05) is 17.8 Å². The van der Waals surface area contributed by atoms with Gasteiger partial charge in [-0.15, -0.1) is 10.2 Å². The lowest BCUT2D eigenvalue weighted by molar-refractivity contribution is -0.122. The Labute approximate surface area is 197 Å². The molecule has 2 N–H and O–H groups in total. The van der Waals surface area contributed by atoms with Crippen LogP contribution in [0.1, 0.15) is 33.3 Å². The van der Waals surface area contributed by atoms with Crippen molar-refractivity contribution in [1.82, 2.24) is 20.1 Å². The minimum Gasteiger partial charge on any atom is -0.346 e. The zero-order chi connectivity index (χ0) is 24.0. The van der Waals surface area contributed by atoms with Gasteiger partial charge in [-0.1, -0.05) is 56.8 Å². The first kappa shape index (κ1) is 24.4. The van der Waals surface area contributed by atoms with Gasteiger partial charge >= 0.3 is 0 Å². The summed E-state index contributed by atoms with van der Waals surface area (Å²) in [6.07, 6.45) is 0. The third kappa shape index (κ3) is 6.64. The molecule has 3 rings (SSSR count). The topological polar surface area (TPSA) is 88.9 Å². The van der Waals surface area contributed by atoms with Crippen LogP contribution >= 0.6 is 11.8 Å². The lowest BCUT2D eigenvalue weighted by atomic mass is 9.87. The van der Waals surface area contributed by atoms with Gasteiger partial charge in [0.15, 0.2) is 11.0 Å². The van der Waals surface area contributed by atoms with Crippen LogP contribution in [0.4, 0.5) is 10.1 Å². The van der Waals surface area contributed by atoms with E-state index in [-0.39, 0.29) is 29.4 Å². The summed E-state index contributed by atoms with van der Waals surface area (Å²) in [7, 11) is 0. The summed E-state index contributed by atoms with van der Waals surface area (Å²) < 4.78 is 14.9. The normalized spacial score (nSPS) is 11.3. The molecule has 0 atom stereocenters. The van der Waals surface area contributed by atoms with Gasteiger partial charge in [0.2, 0.25) is 11.8 Å². The van der Waals surface area contributed by atoms with Crippen LogP contribution in [0.2, 0.25) is 0 Å². The largest absolute Gasteiger partial charge is 0.346 e. The van der Waals surface area contributed by atoms with Crippen molar-refractivity contribution in [3.63, 3.8) is 0 Å². The second-order valence-corrected chi connectivity index (χ2v) is 9.44. The van der Waals surface area contributed by atoms with E-state index in [0.717, 1.165) is 11.4 Å². The Balaban J connectivity index is 1.54. The average molecular weight is 470 g/mol. The fourth-order valence-corrected chi connectivity index (χ4v) is 3.94. The molecule has 1 aromatic heterocycles. The van der Waals surface area contributed by atoms with E-state index >= 15 is 0 Å². The molecule has 0 fully saturated rings. The number of nitrogens with zero attached hydrogens (tertiary/aromatic N) is 3. The highest BCUT2D eigenvalue weighted by molar-refractivity contribution is 7.99. The summed E-state index contributed by atoms with van der Waals surface area (Å²) in [5.41, 5.74) is 2.74. The number of halogens is 1. The highest BCUT2D eigenvalue weighted by Crippen LogP contribution is 2.27. The van der Waals surface area contributed by atoms with Crippen LogP contribution in [-0.4, -0.2) is 38.9 Å². The SMILES string of the molecule is CCn1c(SCC(=O)NCC(=O)Nc2ccc(F)cc2)nnc1-c1ccc(C(C)(C)C)cc1. The van der Waals surface area contributed by atoms with Crippen LogP contribution in [-0.2, 0) is 21.5 Å².